The van der Waals surface area contributed by atoms with E-state index in [0.717, 1.165) is 36.6 Å². The molecule has 1 aliphatic rings. The Bertz CT molecular complexity index is 575. The van der Waals surface area contributed by atoms with Gasteiger partial charge in [0.1, 0.15) is 0 Å². The van der Waals surface area contributed by atoms with Crippen LogP contribution in [0.3, 0.4) is 0 Å². The molecule has 19 heavy (non-hydrogen) atoms. The Kier molecular flexibility index (Phi) is 3.28. The Balaban J connectivity index is 2.07. The third kappa shape index (κ3) is 2.25. The normalized spacial score (nSPS) is 27.6. The second-order valence-corrected chi connectivity index (χ2v) is 5.80. The standard InChI is InChI=1S/C17H21NO/c1-2-13-5-4-9-17(19,11-13)16-7-3-6-14-8-10-18-12-15(14)16/h3,6-8,10,12-13,19H,2,4-5,9,11H2,1H3. The summed E-state index contributed by atoms with van der Waals surface area (Å²) < 4.78 is 0. The Morgan fingerprint density at radius 1 is 1.37 bits per heavy atom. The van der Waals surface area contributed by atoms with Crippen LogP contribution in [0.5, 0.6) is 0 Å². The average molecular weight is 255 g/mol. The molecule has 0 aliphatic heterocycles. The minimum atomic E-state index is -0.665. The molecule has 2 aromatic rings. The van der Waals surface area contributed by atoms with Gasteiger partial charge in [-0.2, -0.15) is 0 Å². The van der Waals surface area contributed by atoms with Gasteiger partial charge in [0.25, 0.3) is 0 Å². The van der Waals surface area contributed by atoms with E-state index in [1.165, 1.54) is 11.8 Å². The van der Waals surface area contributed by atoms with Gasteiger partial charge in [-0.1, -0.05) is 38.0 Å². The maximum atomic E-state index is 11.1. The Hall–Kier alpha value is -1.41. The largest absolute Gasteiger partial charge is 0.385 e. The molecule has 2 atom stereocenters. The highest BCUT2D eigenvalue weighted by Gasteiger charge is 2.36. The van der Waals surface area contributed by atoms with Crippen molar-refractivity contribution in [3.8, 4) is 0 Å². The lowest BCUT2D eigenvalue weighted by Gasteiger charge is -2.37. The molecule has 1 fully saturated rings. The molecule has 1 aromatic carbocycles. The van der Waals surface area contributed by atoms with E-state index in [0.29, 0.717) is 5.92 Å². The number of nitrogens with zero attached hydrogens (tertiary/aromatic N) is 1. The lowest BCUT2D eigenvalue weighted by atomic mass is 9.73. The van der Waals surface area contributed by atoms with E-state index >= 15 is 0 Å². The molecule has 0 amide bonds. The Morgan fingerprint density at radius 3 is 3.11 bits per heavy atom. The lowest BCUT2D eigenvalue weighted by molar-refractivity contribution is -0.0204. The highest BCUT2D eigenvalue weighted by Crippen LogP contribution is 2.43. The number of hydrogen-bond donors (Lipinski definition) is 1. The summed E-state index contributed by atoms with van der Waals surface area (Å²) in [7, 11) is 0. The molecule has 100 valence electrons. The van der Waals surface area contributed by atoms with Crippen LogP contribution in [0.1, 0.15) is 44.6 Å². The Labute approximate surface area is 114 Å². The van der Waals surface area contributed by atoms with Crippen LogP contribution in [0.4, 0.5) is 0 Å². The molecule has 1 aliphatic carbocycles. The van der Waals surface area contributed by atoms with Crippen LogP contribution in [0.25, 0.3) is 10.8 Å². The van der Waals surface area contributed by atoms with Crippen molar-refractivity contribution in [1.29, 1.82) is 0 Å². The van der Waals surface area contributed by atoms with Gasteiger partial charge in [0.2, 0.25) is 0 Å². The summed E-state index contributed by atoms with van der Waals surface area (Å²) in [6.45, 7) is 2.22. The van der Waals surface area contributed by atoms with Crippen LogP contribution in [0, 0.1) is 5.92 Å². The maximum Gasteiger partial charge on any atom is 0.0905 e. The minimum absolute atomic E-state index is 0.644. The highest BCUT2D eigenvalue weighted by molar-refractivity contribution is 5.85. The first-order chi connectivity index (χ1) is 9.23. The predicted molar refractivity (Wildman–Crippen MR) is 77.9 cm³/mol. The fourth-order valence-corrected chi connectivity index (χ4v) is 3.48. The van der Waals surface area contributed by atoms with Crippen LogP contribution >= 0.6 is 0 Å². The zero-order valence-electron chi connectivity index (χ0n) is 11.5. The molecule has 0 radical (unpaired) electrons. The summed E-state index contributed by atoms with van der Waals surface area (Å²) in [4.78, 5) is 4.23. The monoisotopic (exact) mass is 255 g/mol. The van der Waals surface area contributed by atoms with Crippen LogP contribution in [-0.4, -0.2) is 10.1 Å². The molecule has 2 nitrogen and oxygen atoms in total. The van der Waals surface area contributed by atoms with Gasteiger partial charge in [0.15, 0.2) is 0 Å². The molecule has 0 bridgehead atoms. The van der Waals surface area contributed by atoms with Crippen molar-refractivity contribution in [2.45, 2.75) is 44.6 Å². The minimum Gasteiger partial charge on any atom is -0.385 e. The average Bonchev–Trinajstić information content (AvgIpc) is 2.46. The summed E-state index contributed by atoms with van der Waals surface area (Å²) in [5.74, 6) is 0.644. The first-order valence-corrected chi connectivity index (χ1v) is 7.28. The SMILES string of the molecule is CCC1CCCC(O)(c2cccc3ccncc23)C1. The first kappa shape index (κ1) is 12.6. The van der Waals surface area contributed by atoms with Crippen molar-refractivity contribution in [1.82, 2.24) is 4.98 Å². The fourth-order valence-electron chi connectivity index (χ4n) is 3.48. The van der Waals surface area contributed by atoms with Gasteiger partial charge in [-0.3, -0.25) is 4.98 Å². The third-order valence-electron chi connectivity index (χ3n) is 4.59. The van der Waals surface area contributed by atoms with Gasteiger partial charge in [0, 0.05) is 17.8 Å². The fraction of sp³-hybridized carbons (Fsp3) is 0.471. The number of pyridine rings is 1. The molecular weight excluding hydrogens is 234 g/mol. The van der Waals surface area contributed by atoms with E-state index in [4.69, 9.17) is 0 Å². The molecule has 2 unspecified atom stereocenters. The van der Waals surface area contributed by atoms with Crippen molar-refractivity contribution in [3.05, 3.63) is 42.2 Å². The molecule has 0 spiro atoms. The second kappa shape index (κ2) is 4.93. The van der Waals surface area contributed by atoms with Gasteiger partial charge in [-0.05, 0) is 42.2 Å². The molecular formula is C17H21NO. The number of benzene rings is 1. The molecule has 1 N–H and O–H groups in total. The van der Waals surface area contributed by atoms with Gasteiger partial charge in [-0.15, -0.1) is 0 Å². The highest BCUT2D eigenvalue weighted by atomic mass is 16.3. The van der Waals surface area contributed by atoms with Crippen molar-refractivity contribution in [2.75, 3.05) is 0 Å². The van der Waals surface area contributed by atoms with E-state index in [-0.39, 0.29) is 0 Å². The van der Waals surface area contributed by atoms with Gasteiger partial charge in [0.05, 0.1) is 5.60 Å². The van der Waals surface area contributed by atoms with E-state index in [1.54, 1.807) is 0 Å². The topological polar surface area (TPSA) is 33.1 Å². The van der Waals surface area contributed by atoms with Crippen molar-refractivity contribution < 1.29 is 5.11 Å². The summed E-state index contributed by atoms with van der Waals surface area (Å²) in [5, 5.41) is 13.4. The number of hydrogen-bond acceptors (Lipinski definition) is 2. The maximum absolute atomic E-state index is 11.1. The Morgan fingerprint density at radius 2 is 2.26 bits per heavy atom. The molecule has 2 heteroatoms. The summed E-state index contributed by atoms with van der Waals surface area (Å²) in [6, 6.07) is 8.22. The van der Waals surface area contributed by atoms with Crippen LogP contribution in [-0.2, 0) is 5.60 Å². The van der Waals surface area contributed by atoms with E-state index in [1.807, 2.05) is 24.5 Å². The molecule has 1 saturated carbocycles. The molecule has 1 aromatic heterocycles. The number of fused-ring (bicyclic) bond motifs is 1. The van der Waals surface area contributed by atoms with Crippen molar-refractivity contribution >= 4 is 10.8 Å². The third-order valence-corrected chi connectivity index (χ3v) is 4.59. The number of aliphatic hydroxyl groups is 1. The second-order valence-electron chi connectivity index (χ2n) is 5.80. The van der Waals surface area contributed by atoms with Gasteiger partial charge in [-0.25, -0.2) is 0 Å². The molecule has 3 rings (SSSR count). The molecule has 1 heterocycles. The van der Waals surface area contributed by atoms with E-state index < -0.39 is 5.60 Å². The van der Waals surface area contributed by atoms with E-state index in [2.05, 4.69) is 24.0 Å². The smallest absolute Gasteiger partial charge is 0.0905 e. The first-order valence-electron chi connectivity index (χ1n) is 7.28. The van der Waals surface area contributed by atoms with E-state index in [9.17, 15) is 5.11 Å². The van der Waals surface area contributed by atoms with Crippen molar-refractivity contribution in [2.24, 2.45) is 5.92 Å². The lowest BCUT2D eigenvalue weighted by Crippen LogP contribution is -2.32. The summed E-state index contributed by atoms with van der Waals surface area (Å²) >= 11 is 0. The van der Waals surface area contributed by atoms with Crippen LogP contribution in [0.15, 0.2) is 36.7 Å². The number of aromatic nitrogens is 1. The summed E-state index contributed by atoms with van der Waals surface area (Å²) in [5.41, 5.74) is 0.401. The number of rotatable bonds is 2. The summed E-state index contributed by atoms with van der Waals surface area (Å²) in [6.07, 6.45) is 8.98. The predicted octanol–water partition coefficient (Wildman–Crippen LogP) is 4.02. The van der Waals surface area contributed by atoms with Gasteiger partial charge >= 0.3 is 0 Å². The van der Waals surface area contributed by atoms with Crippen molar-refractivity contribution in [3.63, 3.8) is 0 Å². The zero-order valence-corrected chi connectivity index (χ0v) is 11.5. The molecule has 0 saturated heterocycles. The zero-order chi connectivity index (χ0) is 13.3. The van der Waals surface area contributed by atoms with Gasteiger partial charge < -0.3 is 5.11 Å². The van der Waals surface area contributed by atoms with Crippen LogP contribution in [0.2, 0.25) is 0 Å². The van der Waals surface area contributed by atoms with Crippen LogP contribution < -0.4 is 0 Å². The quantitative estimate of drug-likeness (QED) is 0.879.